The molecule has 158 valence electrons. The molecule has 0 bridgehead atoms. The fourth-order valence-electron chi connectivity index (χ4n) is 3.56. The van der Waals surface area contributed by atoms with Gasteiger partial charge in [-0.25, -0.2) is 12.7 Å². The average molecular weight is 441 g/mol. The Kier molecular flexibility index (Phi) is 6.30. The first kappa shape index (κ1) is 21.7. The van der Waals surface area contributed by atoms with E-state index < -0.39 is 21.5 Å². The Morgan fingerprint density at radius 3 is 2.41 bits per heavy atom. The molecular weight excluding hydrogens is 416 g/mol. The number of carbonyl (C=O) groups is 1. The summed E-state index contributed by atoms with van der Waals surface area (Å²) in [5.41, 5.74) is -0.537. The van der Waals surface area contributed by atoms with Gasteiger partial charge < -0.3 is 9.84 Å². The van der Waals surface area contributed by atoms with Crippen LogP contribution in [0.3, 0.4) is 0 Å². The van der Waals surface area contributed by atoms with Gasteiger partial charge in [-0.1, -0.05) is 42.4 Å². The third-order valence-electron chi connectivity index (χ3n) is 5.22. The summed E-state index contributed by atoms with van der Waals surface area (Å²) in [6, 6.07) is 4.24. The van der Waals surface area contributed by atoms with Crippen molar-refractivity contribution >= 4 is 27.5 Å². The molecule has 2 aromatic rings. The maximum atomic E-state index is 13.1. The monoisotopic (exact) mass is 440 g/mol. The molecule has 1 heterocycles. The van der Waals surface area contributed by atoms with Gasteiger partial charge >= 0.3 is 0 Å². The Bertz CT molecular complexity index is 995. The van der Waals surface area contributed by atoms with Crippen LogP contribution in [0.15, 0.2) is 27.6 Å². The van der Waals surface area contributed by atoms with Crippen LogP contribution in [0.2, 0.25) is 5.02 Å². The average Bonchev–Trinajstić information content (AvgIpc) is 2.97. The number of rotatable bonds is 5. The predicted octanol–water partition coefficient (Wildman–Crippen LogP) is 3.26. The highest BCUT2D eigenvalue weighted by Crippen LogP contribution is 2.35. The second-order valence-electron chi connectivity index (χ2n) is 7.52. The molecule has 1 fully saturated rings. The van der Waals surface area contributed by atoms with Crippen LogP contribution >= 0.6 is 11.6 Å². The Morgan fingerprint density at radius 2 is 1.86 bits per heavy atom. The summed E-state index contributed by atoms with van der Waals surface area (Å²) in [6.45, 7) is 1.71. The maximum Gasteiger partial charge on any atom is 0.252 e. The fraction of sp³-hybridized carbons (Fsp3) is 0.526. The SMILES string of the molecule is Cc1nc(C2(NC(=O)c3ccc(Cl)c(S(=O)(=O)N(C)C)c3)CCCCCC2)no1. The molecule has 3 rings (SSSR count). The molecule has 1 aliphatic rings. The van der Waals surface area contributed by atoms with Crippen molar-refractivity contribution in [1.29, 1.82) is 0 Å². The van der Waals surface area contributed by atoms with E-state index in [9.17, 15) is 13.2 Å². The van der Waals surface area contributed by atoms with Crippen LogP contribution in [0.4, 0.5) is 0 Å². The van der Waals surface area contributed by atoms with Crippen LogP contribution < -0.4 is 5.32 Å². The molecule has 0 radical (unpaired) electrons. The molecule has 1 amide bonds. The number of benzene rings is 1. The molecule has 1 aliphatic carbocycles. The van der Waals surface area contributed by atoms with Gasteiger partial charge in [-0.15, -0.1) is 0 Å². The van der Waals surface area contributed by atoms with Crippen LogP contribution in [-0.4, -0.2) is 42.9 Å². The Balaban J connectivity index is 1.97. The van der Waals surface area contributed by atoms with Crippen LogP contribution in [0.1, 0.15) is 60.6 Å². The Labute approximate surface area is 175 Å². The number of aromatic nitrogens is 2. The molecular formula is C19H25ClN4O4S. The normalized spacial score (nSPS) is 17.1. The number of nitrogens with one attached hydrogen (secondary N) is 1. The van der Waals surface area contributed by atoms with Crippen molar-refractivity contribution in [2.24, 2.45) is 0 Å². The first-order valence-corrected chi connectivity index (χ1v) is 11.3. The van der Waals surface area contributed by atoms with Crippen molar-refractivity contribution < 1.29 is 17.7 Å². The number of aryl methyl sites for hydroxylation is 1. The van der Waals surface area contributed by atoms with Crippen molar-refractivity contribution in [2.75, 3.05) is 14.1 Å². The standard InChI is InChI=1S/C19H25ClN4O4S/c1-13-21-18(23-28-13)19(10-6-4-5-7-11-19)22-17(25)14-8-9-15(20)16(12-14)29(26,27)24(2)3/h8-9,12H,4-7,10-11H2,1-3H3,(H,22,25). The van der Waals surface area contributed by atoms with Gasteiger partial charge in [0.1, 0.15) is 10.4 Å². The lowest BCUT2D eigenvalue weighted by Gasteiger charge is -2.30. The smallest absolute Gasteiger partial charge is 0.252 e. The second-order valence-corrected chi connectivity index (χ2v) is 10.0. The van der Waals surface area contributed by atoms with Gasteiger partial charge in [-0.2, -0.15) is 4.98 Å². The van der Waals surface area contributed by atoms with Crippen LogP contribution in [-0.2, 0) is 15.6 Å². The summed E-state index contributed by atoms with van der Waals surface area (Å²) in [6.07, 6.45) is 5.37. The van der Waals surface area contributed by atoms with Crippen molar-refractivity contribution in [3.05, 3.63) is 40.5 Å². The van der Waals surface area contributed by atoms with E-state index in [0.717, 1.165) is 30.0 Å². The molecule has 0 unspecified atom stereocenters. The van der Waals surface area contributed by atoms with Gasteiger partial charge in [0.25, 0.3) is 5.91 Å². The lowest BCUT2D eigenvalue weighted by atomic mass is 9.88. The van der Waals surface area contributed by atoms with Crippen LogP contribution in [0.25, 0.3) is 0 Å². The van der Waals surface area contributed by atoms with E-state index >= 15 is 0 Å². The maximum absolute atomic E-state index is 13.1. The third kappa shape index (κ3) is 4.46. The molecule has 0 aliphatic heterocycles. The van der Waals surface area contributed by atoms with Gasteiger partial charge in [0.05, 0.1) is 5.02 Å². The first-order valence-electron chi connectivity index (χ1n) is 9.51. The zero-order chi connectivity index (χ0) is 21.2. The van der Waals surface area contributed by atoms with Gasteiger partial charge in [-0.05, 0) is 31.0 Å². The highest BCUT2D eigenvalue weighted by atomic mass is 35.5. The van der Waals surface area contributed by atoms with Gasteiger partial charge in [0.2, 0.25) is 15.9 Å². The topological polar surface area (TPSA) is 105 Å². The molecule has 1 N–H and O–H groups in total. The zero-order valence-electron chi connectivity index (χ0n) is 16.7. The van der Waals surface area contributed by atoms with E-state index in [-0.39, 0.29) is 15.5 Å². The highest BCUT2D eigenvalue weighted by molar-refractivity contribution is 7.89. The minimum Gasteiger partial charge on any atom is -0.340 e. The van der Waals surface area contributed by atoms with E-state index in [0.29, 0.717) is 24.6 Å². The Morgan fingerprint density at radius 1 is 1.21 bits per heavy atom. The lowest BCUT2D eigenvalue weighted by Crippen LogP contribution is -2.46. The molecule has 0 saturated heterocycles. The summed E-state index contributed by atoms with van der Waals surface area (Å²) in [7, 11) is -0.956. The number of halogens is 1. The number of sulfonamides is 1. The number of amides is 1. The summed E-state index contributed by atoms with van der Waals surface area (Å²) < 4.78 is 31.3. The lowest BCUT2D eigenvalue weighted by molar-refractivity contribution is 0.0876. The summed E-state index contributed by atoms with van der Waals surface area (Å²) in [5, 5.41) is 7.20. The number of hydrogen-bond acceptors (Lipinski definition) is 6. The van der Waals surface area contributed by atoms with E-state index in [1.165, 1.54) is 32.3 Å². The van der Waals surface area contributed by atoms with Crippen LogP contribution in [0, 0.1) is 6.92 Å². The minimum atomic E-state index is -3.78. The Hall–Kier alpha value is -1.97. The quantitative estimate of drug-likeness (QED) is 0.715. The van der Waals surface area contributed by atoms with Gasteiger partial charge in [0, 0.05) is 26.6 Å². The summed E-state index contributed by atoms with van der Waals surface area (Å²) in [4.78, 5) is 17.4. The molecule has 0 spiro atoms. The van der Waals surface area contributed by atoms with E-state index in [2.05, 4.69) is 15.5 Å². The van der Waals surface area contributed by atoms with Gasteiger partial charge in [-0.3, -0.25) is 4.79 Å². The van der Waals surface area contributed by atoms with E-state index in [1.54, 1.807) is 6.92 Å². The zero-order valence-corrected chi connectivity index (χ0v) is 18.3. The number of hydrogen-bond donors (Lipinski definition) is 1. The van der Waals surface area contributed by atoms with Crippen LogP contribution in [0.5, 0.6) is 0 Å². The minimum absolute atomic E-state index is 0.0632. The van der Waals surface area contributed by atoms with Crippen molar-refractivity contribution in [3.8, 4) is 0 Å². The van der Waals surface area contributed by atoms with E-state index in [4.69, 9.17) is 16.1 Å². The fourth-order valence-corrected chi connectivity index (χ4v) is 4.95. The predicted molar refractivity (Wildman–Crippen MR) is 108 cm³/mol. The number of carbonyl (C=O) groups excluding carboxylic acids is 1. The molecule has 1 saturated carbocycles. The molecule has 29 heavy (non-hydrogen) atoms. The largest absolute Gasteiger partial charge is 0.340 e. The molecule has 10 heteroatoms. The third-order valence-corrected chi connectivity index (χ3v) is 7.51. The second kappa shape index (κ2) is 8.41. The number of nitrogens with zero attached hydrogens (tertiary/aromatic N) is 3. The van der Waals surface area contributed by atoms with Crippen molar-refractivity contribution in [3.63, 3.8) is 0 Å². The molecule has 1 aromatic carbocycles. The molecule has 8 nitrogen and oxygen atoms in total. The van der Waals surface area contributed by atoms with E-state index in [1.807, 2.05) is 0 Å². The molecule has 1 aromatic heterocycles. The summed E-state index contributed by atoms with van der Waals surface area (Å²) in [5.74, 6) is 0.491. The van der Waals surface area contributed by atoms with Gasteiger partial charge in [0.15, 0.2) is 5.82 Å². The van der Waals surface area contributed by atoms with Crippen molar-refractivity contribution in [1.82, 2.24) is 19.8 Å². The van der Waals surface area contributed by atoms with Crippen molar-refractivity contribution in [2.45, 2.75) is 55.9 Å². The summed E-state index contributed by atoms with van der Waals surface area (Å²) >= 11 is 6.10. The molecule has 0 atom stereocenters. The highest BCUT2D eigenvalue weighted by Gasteiger charge is 2.39. The first-order chi connectivity index (χ1) is 13.7.